The molecule has 0 aliphatic heterocycles. The van der Waals surface area contributed by atoms with Gasteiger partial charge in [-0.15, -0.1) is 0 Å². The number of hydrogen-bond acceptors (Lipinski definition) is 5. The molecule has 1 aromatic heterocycles. The van der Waals surface area contributed by atoms with Gasteiger partial charge in [-0.1, -0.05) is 68.9 Å². The van der Waals surface area contributed by atoms with Gasteiger partial charge in [0.25, 0.3) is 0 Å². The number of pyridine rings is 1. The summed E-state index contributed by atoms with van der Waals surface area (Å²) in [5.41, 5.74) is 4.52. The average molecular weight is 515 g/mol. The Morgan fingerprint density at radius 2 is 1.76 bits per heavy atom. The van der Waals surface area contributed by atoms with Crippen molar-refractivity contribution in [3.63, 3.8) is 0 Å². The Kier molecular flexibility index (Phi) is 11.1. The number of anilines is 1. The molecular weight excluding hydrogens is 468 g/mol. The van der Waals surface area contributed by atoms with Gasteiger partial charge in [0, 0.05) is 42.6 Å². The molecule has 1 aromatic carbocycles. The number of aryl methyl sites for hydroxylation is 1. The van der Waals surface area contributed by atoms with E-state index in [2.05, 4.69) is 42.6 Å². The van der Waals surface area contributed by atoms with Crippen LogP contribution in [-0.4, -0.2) is 35.3 Å². The molecule has 2 atom stereocenters. The zero-order valence-corrected chi connectivity index (χ0v) is 23.3. The number of Topliss-reactive ketones (excluding diaryl/α,β-unsaturated/α-hetero) is 1. The highest BCUT2D eigenvalue weighted by atomic mass is 16.1. The SMILES string of the molecule is Cc1ccnc(NC2CCCCC2)c1C(CCC(=O)CCC1CCCCC(c2ccccc2)C1)=NCC=N. The Morgan fingerprint density at radius 3 is 2.55 bits per heavy atom. The van der Waals surface area contributed by atoms with Crippen LogP contribution in [0.5, 0.6) is 0 Å². The molecule has 0 radical (unpaired) electrons. The van der Waals surface area contributed by atoms with Crippen molar-refractivity contribution in [2.75, 3.05) is 11.9 Å². The van der Waals surface area contributed by atoms with Gasteiger partial charge in [-0.25, -0.2) is 4.98 Å². The zero-order valence-electron chi connectivity index (χ0n) is 23.3. The number of carbonyl (C=O) groups is 1. The molecule has 5 heteroatoms. The number of ketones is 1. The van der Waals surface area contributed by atoms with Gasteiger partial charge in [0.05, 0.1) is 6.54 Å². The molecular formula is C33H46N4O. The molecule has 5 nitrogen and oxygen atoms in total. The Morgan fingerprint density at radius 1 is 1.00 bits per heavy atom. The lowest BCUT2D eigenvalue weighted by Gasteiger charge is -2.25. The zero-order chi connectivity index (χ0) is 26.6. The molecule has 2 unspecified atom stereocenters. The molecule has 204 valence electrons. The lowest BCUT2D eigenvalue weighted by molar-refractivity contribution is -0.119. The van der Waals surface area contributed by atoms with E-state index in [4.69, 9.17) is 15.4 Å². The van der Waals surface area contributed by atoms with Crippen molar-refractivity contribution < 1.29 is 4.79 Å². The lowest BCUT2D eigenvalue weighted by atomic mass is 9.85. The fourth-order valence-corrected chi connectivity index (χ4v) is 6.41. The monoisotopic (exact) mass is 514 g/mol. The summed E-state index contributed by atoms with van der Waals surface area (Å²) in [5, 5.41) is 11.2. The standard InChI is InChI=1S/C33H46N4O/c1-25-20-22-36-33(37-29-14-6-3-7-15-29)32(25)31(35-23-21-34)19-18-30(38)17-16-26-10-8-9-13-28(24-26)27-11-4-2-5-12-27/h2,4-5,11-12,20-22,26,28-29,34H,3,6-10,13-19,23-24H2,1H3,(H,36,37). The van der Waals surface area contributed by atoms with Crippen LogP contribution in [0.4, 0.5) is 5.82 Å². The van der Waals surface area contributed by atoms with E-state index in [0.717, 1.165) is 29.1 Å². The molecule has 1 heterocycles. The van der Waals surface area contributed by atoms with Crippen molar-refractivity contribution in [1.29, 1.82) is 5.41 Å². The minimum atomic E-state index is 0.330. The van der Waals surface area contributed by atoms with Gasteiger partial charge in [-0.2, -0.15) is 0 Å². The molecule has 0 bridgehead atoms. The van der Waals surface area contributed by atoms with E-state index in [9.17, 15) is 4.79 Å². The van der Waals surface area contributed by atoms with Crippen LogP contribution in [0.25, 0.3) is 0 Å². The second-order valence-corrected chi connectivity index (χ2v) is 11.4. The van der Waals surface area contributed by atoms with E-state index >= 15 is 0 Å². The van der Waals surface area contributed by atoms with Crippen LogP contribution >= 0.6 is 0 Å². The molecule has 2 aromatic rings. The summed E-state index contributed by atoms with van der Waals surface area (Å²) in [5.74, 6) is 2.47. The average Bonchev–Trinajstić information content (AvgIpc) is 3.20. The van der Waals surface area contributed by atoms with Crippen molar-refractivity contribution >= 4 is 23.5 Å². The number of hydrogen-bond donors (Lipinski definition) is 2. The summed E-state index contributed by atoms with van der Waals surface area (Å²) in [7, 11) is 0. The van der Waals surface area contributed by atoms with Crippen molar-refractivity contribution in [2.24, 2.45) is 10.9 Å². The topological polar surface area (TPSA) is 78.2 Å². The van der Waals surface area contributed by atoms with E-state index in [-0.39, 0.29) is 0 Å². The number of carbonyl (C=O) groups excluding carboxylic acids is 1. The van der Waals surface area contributed by atoms with Crippen LogP contribution < -0.4 is 5.32 Å². The predicted molar refractivity (Wildman–Crippen MR) is 159 cm³/mol. The normalized spacial score (nSPS) is 21.0. The van der Waals surface area contributed by atoms with Crippen LogP contribution in [0.3, 0.4) is 0 Å². The minimum absolute atomic E-state index is 0.330. The second-order valence-electron chi connectivity index (χ2n) is 11.4. The molecule has 2 aliphatic carbocycles. The first-order chi connectivity index (χ1) is 18.6. The molecule has 0 saturated heterocycles. The van der Waals surface area contributed by atoms with Crippen molar-refractivity contribution in [2.45, 2.75) is 109 Å². The first-order valence-corrected chi connectivity index (χ1v) is 15.0. The summed E-state index contributed by atoms with van der Waals surface area (Å²) in [4.78, 5) is 22.5. The third kappa shape index (κ3) is 8.34. The van der Waals surface area contributed by atoms with Gasteiger partial charge >= 0.3 is 0 Å². The first-order valence-electron chi connectivity index (χ1n) is 15.0. The summed E-state index contributed by atoms with van der Waals surface area (Å²) in [6.45, 7) is 2.43. The summed E-state index contributed by atoms with van der Waals surface area (Å²) in [6.07, 6.45) is 18.4. The molecule has 2 N–H and O–H groups in total. The van der Waals surface area contributed by atoms with Gasteiger partial charge in [0.15, 0.2) is 0 Å². The highest BCUT2D eigenvalue weighted by Gasteiger charge is 2.23. The number of benzene rings is 1. The lowest BCUT2D eigenvalue weighted by Crippen LogP contribution is -2.25. The van der Waals surface area contributed by atoms with Crippen molar-refractivity contribution in [3.8, 4) is 0 Å². The van der Waals surface area contributed by atoms with E-state index < -0.39 is 0 Å². The quantitative estimate of drug-likeness (QED) is 0.222. The number of aromatic nitrogens is 1. The second kappa shape index (κ2) is 14.9. The Labute approximate surface area is 229 Å². The molecule has 38 heavy (non-hydrogen) atoms. The fraction of sp³-hybridized carbons (Fsp3) is 0.576. The molecule has 2 saturated carbocycles. The smallest absolute Gasteiger partial charge is 0.135 e. The van der Waals surface area contributed by atoms with Gasteiger partial charge in [-0.3, -0.25) is 9.79 Å². The maximum absolute atomic E-state index is 13.1. The van der Waals surface area contributed by atoms with E-state index in [1.807, 2.05) is 12.3 Å². The van der Waals surface area contributed by atoms with Gasteiger partial charge in [0.1, 0.15) is 11.6 Å². The molecule has 2 fully saturated rings. The Bertz CT molecular complexity index is 1060. The predicted octanol–water partition coefficient (Wildman–Crippen LogP) is 8.07. The van der Waals surface area contributed by atoms with Crippen LogP contribution in [0.2, 0.25) is 0 Å². The summed E-state index contributed by atoms with van der Waals surface area (Å²) < 4.78 is 0. The van der Waals surface area contributed by atoms with Crippen molar-refractivity contribution in [3.05, 3.63) is 59.3 Å². The number of nitrogens with zero attached hydrogens (tertiary/aromatic N) is 2. The minimum Gasteiger partial charge on any atom is -0.367 e. The van der Waals surface area contributed by atoms with Crippen LogP contribution in [0.1, 0.15) is 112 Å². The number of rotatable bonds is 12. The first kappa shape index (κ1) is 28.2. The third-order valence-corrected chi connectivity index (χ3v) is 8.54. The fourth-order valence-electron chi connectivity index (χ4n) is 6.41. The van der Waals surface area contributed by atoms with Crippen LogP contribution in [0.15, 0.2) is 47.6 Å². The highest BCUT2D eigenvalue weighted by Crippen LogP contribution is 2.36. The molecule has 0 spiro atoms. The summed E-state index contributed by atoms with van der Waals surface area (Å²) in [6, 6.07) is 13.4. The van der Waals surface area contributed by atoms with E-state index in [0.29, 0.717) is 49.5 Å². The highest BCUT2D eigenvalue weighted by molar-refractivity contribution is 6.07. The molecule has 4 rings (SSSR count). The Hall–Kier alpha value is -2.82. The largest absolute Gasteiger partial charge is 0.367 e. The molecule has 0 amide bonds. The van der Waals surface area contributed by atoms with Gasteiger partial charge in [-0.05, 0) is 74.5 Å². The van der Waals surface area contributed by atoms with Crippen LogP contribution in [0, 0.1) is 18.3 Å². The third-order valence-electron chi connectivity index (χ3n) is 8.54. The molecule has 2 aliphatic rings. The van der Waals surface area contributed by atoms with Gasteiger partial charge < -0.3 is 10.7 Å². The van der Waals surface area contributed by atoms with E-state index in [1.165, 1.54) is 76.0 Å². The maximum atomic E-state index is 13.1. The summed E-state index contributed by atoms with van der Waals surface area (Å²) >= 11 is 0. The van der Waals surface area contributed by atoms with Gasteiger partial charge in [0.2, 0.25) is 0 Å². The Balaban J connectivity index is 1.36. The van der Waals surface area contributed by atoms with Crippen LogP contribution in [-0.2, 0) is 4.79 Å². The maximum Gasteiger partial charge on any atom is 0.135 e. The van der Waals surface area contributed by atoms with E-state index in [1.54, 1.807) is 0 Å². The number of nitrogens with one attached hydrogen (secondary N) is 2. The van der Waals surface area contributed by atoms with Crippen molar-refractivity contribution in [1.82, 2.24) is 4.98 Å². The number of aliphatic imine (C=N–C) groups is 1.